The molecule has 0 bridgehead atoms. The van der Waals surface area contributed by atoms with Crippen molar-refractivity contribution in [1.82, 2.24) is 4.98 Å². The molecule has 0 saturated carbocycles. The van der Waals surface area contributed by atoms with Gasteiger partial charge < -0.3 is 20.9 Å². The van der Waals surface area contributed by atoms with E-state index in [2.05, 4.69) is 53.8 Å². The number of hydrogen-bond donors (Lipinski definition) is 4. The van der Waals surface area contributed by atoms with Crippen molar-refractivity contribution >= 4 is 29.2 Å². The topological polar surface area (TPSA) is 69.0 Å². The van der Waals surface area contributed by atoms with Crippen LogP contribution < -0.4 is 16.0 Å². The summed E-state index contributed by atoms with van der Waals surface area (Å²) in [5.41, 5.74) is 5.91. The van der Waals surface area contributed by atoms with E-state index in [4.69, 9.17) is 0 Å². The van der Waals surface area contributed by atoms with Crippen molar-refractivity contribution in [1.29, 1.82) is 0 Å². The lowest BCUT2D eigenvalue weighted by Crippen LogP contribution is -2.29. The molecule has 2 atom stereocenters. The van der Waals surface area contributed by atoms with Crippen LogP contribution in [-0.4, -0.2) is 17.1 Å². The lowest BCUT2D eigenvalue weighted by Gasteiger charge is -2.23. The third kappa shape index (κ3) is 6.29. The number of H-pyrrole nitrogens is 1. The normalized spacial score (nSPS) is 15.0. The van der Waals surface area contributed by atoms with Crippen LogP contribution in [0.15, 0.2) is 48.5 Å². The van der Waals surface area contributed by atoms with Gasteiger partial charge in [0.2, 0.25) is 0 Å². The maximum Gasteiger partial charge on any atom is 0.255 e. The summed E-state index contributed by atoms with van der Waals surface area (Å²) in [4.78, 5) is 16.6. The molecule has 3 aromatic rings. The molecule has 202 valence electrons. The van der Waals surface area contributed by atoms with Crippen molar-refractivity contribution in [2.75, 3.05) is 16.0 Å². The van der Waals surface area contributed by atoms with E-state index < -0.39 is 0 Å². The summed E-state index contributed by atoms with van der Waals surface area (Å²) in [7, 11) is 0. The molecule has 0 aliphatic carbocycles. The SMILES string of the molecule is CCCCCC(CCC)c1ccc(C(=O)Nc2c(CC)[nH]c3c2C=CC(Nc2c(C)cccc2F)N3)cc1. The summed E-state index contributed by atoms with van der Waals surface area (Å²) < 4.78 is 14.3. The predicted molar refractivity (Wildman–Crippen MR) is 158 cm³/mol. The molecular formula is C32H41FN4O. The zero-order valence-corrected chi connectivity index (χ0v) is 23.1. The summed E-state index contributed by atoms with van der Waals surface area (Å²) in [6.07, 6.45) is 11.7. The van der Waals surface area contributed by atoms with Gasteiger partial charge in [0, 0.05) is 16.8 Å². The number of aryl methyl sites for hydroxylation is 2. The van der Waals surface area contributed by atoms with Crippen molar-refractivity contribution in [2.24, 2.45) is 0 Å². The number of amides is 1. The zero-order valence-electron chi connectivity index (χ0n) is 23.1. The number of para-hydroxylation sites is 1. The first-order valence-electron chi connectivity index (χ1n) is 14.1. The van der Waals surface area contributed by atoms with E-state index in [-0.39, 0.29) is 17.9 Å². The van der Waals surface area contributed by atoms with Gasteiger partial charge in [-0.1, -0.05) is 70.7 Å². The van der Waals surface area contributed by atoms with Gasteiger partial charge >= 0.3 is 0 Å². The zero-order chi connectivity index (χ0) is 27.1. The minimum absolute atomic E-state index is 0.123. The Bertz CT molecular complexity index is 1240. The summed E-state index contributed by atoms with van der Waals surface area (Å²) in [5.74, 6) is 0.948. The Morgan fingerprint density at radius 2 is 1.79 bits per heavy atom. The lowest BCUT2D eigenvalue weighted by molar-refractivity contribution is 0.102. The molecule has 4 rings (SSSR count). The average molecular weight is 517 g/mol. The number of carbonyl (C=O) groups is 1. The fourth-order valence-corrected chi connectivity index (χ4v) is 5.27. The molecule has 2 aromatic carbocycles. The number of nitrogens with one attached hydrogen (secondary N) is 4. The molecule has 4 N–H and O–H groups in total. The van der Waals surface area contributed by atoms with Gasteiger partial charge in [0.25, 0.3) is 5.91 Å². The number of fused-ring (bicyclic) bond motifs is 1. The molecule has 1 aromatic heterocycles. The maximum absolute atomic E-state index is 14.3. The number of anilines is 3. The Kier molecular flexibility index (Phi) is 9.27. The molecule has 6 heteroatoms. The van der Waals surface area contributed by atoms with E-state index in [1.807, 2.05) is 37.3 Å². The number of halogens is 1. The highest BCUT2D eigenvalue weighted by molar-refractivity contribution is 6.06. The van der Waals surface area contributed by atoms with Crippen LogP contribution in [0.3, 0.4) is 0 Å². The Morgan fingerprint density at radius 3 is 2.47 bits per heavy atom. The van der Waals surface area contributed by atoms with Crippen LogP contribution in [0, 0.1) is 12.7 Å². The summed E-state index contributed by atoms with van der Waals surface area (Å²) >= 11 is 0. The van der Waals surface area contributed by atoms with Crippen LogP contribution >= 0.6 is 0 Å². The maximum atomic E-state index is 14.3. The van der Waals surface area contributed by atoms with E-state index in [1.165, 1.54) is 43.7 Å². The van der Waals surface area contributed by atoms with Crippen molar-refractivity contribution in [2.45, 2.75) is 84.7 Å². The van der Waals surface area contributed by atoms with Crippen molar-refractivity contribution in [3.05, 3.63) is 82.3 Å². The second-order valence-corrected chi connectivity index (χ2v) is 10.2. The van der Waals surface area contributed by atoms with Crippen LogP contribution in [0.4, 0.5) is 21.6 Å². The number of benzene rings is 2. The number of aromatic amines is 1. The third-order valence-electron chi connectivity index (χ3n) is 7.42. The van der Waals surface area contributed by atoms with Gasteiger partial charge in [-0.15, -0.1) is 0 Å². The first-order chi connectivity index (χ1) is 18.4. The van der Waals surface area contributed by atoms with Gasteiger partial charge in [0.05, 0.1) is 11.4 Å². The summed E-state index contributed by atoms with van der Waals surface area (Å²) in [5, 5.41) is 9.76. The van der Waals surface area contributed by atoms with E-state index in [0.717, 1.165) is 41.2 Å². The third-order valence-corrected chi connectivity index (χ3v) is 7.42. The molecule has 0 saturated heterocycles. The summed E-state index contributed by atoms with van der Waals surface area (Å²) in [6, 6.07) is 13.2. The molecule has 0 spiro atoms. The van der Waals surface area contributed by atoms with Crippen molar-refractivity contribution in [3.8, 4) is 0 Å². The van der Waals surface area contributed by atoms with E-state index in [0.29, 0.717) is 17.2 Å². The highest BCUT2D eigenvalue weighted by atomic mass is 19.1. The molecule has 38 heavy (non-hydrogen) atoms. The van der Waals surface area contributed by atoms with Crippen LogP contribution in [-0.2, 0) is 6.42 Å². The molecule has 2 unspecified atom stereocenters. The molecule has 1 amide bonds. The lowest BCUT2D eigenvalue weighted by atomic mass is 9.89. The van der Waals surface area contributed by atoms with E-state index in [9.17, 15) is 9.18 Å². The van der Waals surface area contributed by atoms with Gasteiger partial charge in [-0.2, -0.15) is 0 Å². The van der Waals surface area contributed by atoms with Gasteiger partial charge in [-0.3, -0.25) is 4.79 Å². The number of rotatable bonds is 12. The molecule has 0 radical (unpaired) electrons. The molecular weight excluding hydrogens is 475 g/mol. The average Bonchev–Trinajstić information content (AvgIpc) is 3.27. The van der Waals surface area contributed by atoms with Crippen LogP contribution in [0.25, 0.3) is 6.08 Å². The molecule has 1 aliphatic heterocycles. The Morgan fingerprint density at radius 1 is 1.00 bits per heavy atom. The van der Waals surface area contributed by atoms with E-state index in [1.54, 1.807) is 6.07 Å². The first-order valence-corrected chi connectivity index (χ1v) is 14.1. The number of aromatic nitrogens is 1. The minimum atomic E-state index is -0.286. The number of hydrogen-bond acceptors (Lipinski definition) is 3. The minimum Gasteiger partial charge on any atom is -0.359 e. The molecule has 5 nitrogen and oxygen atoms in total. The quantitative estimate of drug-likeness (QED) is 0.182. The van der Waals surface area contributed by atoms with Gasteiger partial charge in [-0.25, -0.2) is 4.39 Å². The fourth-order valence-electron chi connectivity index (χ4n) is 5.27. The number of unbranched alkanes of at least 4 members (excludes halogenated alkanes) is 2. The highest BCUT2D eigenvalue weighted by Crippen LogP contribution is 2.35. The Labute approximate surface area is 226 Å². The van der Waals surface area contributed by atoms with Crippen LogP contribution in [0.2, 0.25) is 0 Å². The van der Waals surface area contributed by atoms with Gasteiger partial charge in [0.15, 0.2) is 0 Å². The van der Waals surface area contributed by atoms with Crippen molar-refractivity contribution in [3.63, 3.8) is 0 Å². The molecule has 1 aliphatic rings. The second kappa shape index (κ2) is 12.8. The Hall–Kier alpha value is -3.54. The van der Waals surface area contributed by atoms with Crippen LogP contribution in [0.5, 0.6) is 0 Å². The standard InChI is InChI=1S/C32H41FN4O/c1-5-8-9-13-22(11-6-2)23-15-17-24(18-16-23)32(38)37-30-25-19-20-28(36-31(25)34-27(30)7-3)35-29-21(4)12-10-14-26(29)33/h10,12,14-20,22,28,34-36H,5-9,11,13H2,1-4H3,(H,37,38). The largest absolute Gasteiger partial charge is 0.359 e. The smallest absolute Gasteiger partial charge is 0.255 e. The van der Waals surface area contributed by atoms with Crippen molar-refractivity contribution < 1.29 is 9.18 Å². The number of carbonyl (C=O) groups excluding carboxylic acids is 1. The molecule has 2 heterocycles. The van der Waals surface area contributed by atoms with E-state index >= 15 is 0 Å². The highest BCUT2D eigenvalue weighted by Gasteiger charge is 2.23. The second-order valence-electron chi connectivity index (χ2n) is 10.2. The predicted octanol–water partition coefficient (Wildman–Crippen LogP) is 8.62. The van der Waals surface area contributed by atoms with Gasteiger partial charge in [-0.05, 0) is 73.6 Å². The monoisotopic (exact) mass is 516 g/mol. The molecule has 0 fully saturated rings. The van der Waals surface area contributed by atoms with Gasteiger partial charge in [0.1, 0.15) is 17.8 Å². The first kappa shape index (κ1) is 27.5. The summed E-state index contributed by atoms with van der Waals surface area (Å²) in [6.45, 7) is 8.40. The Balaban J connectivity index is 1.47. The van der Waals surface area contributed by atoms with Crippen LogP contribution in [0.1, 0.15) is 98.0 Å². The fraction of sp³-hybridized carbons (Fsp3) is 0.406.